The van der Waals surface area contributed by atoms with E-state index in [2.05, 4.69) is 16.6 Å². The minimum atomic E-state index is 0. The molecule has 16 heavy (non-hydrogen) atoms. The molecule has 0 bridgehead atoms. The third-order valence-electron chi connectivity index (χ3n) is 3.57. The lowest BCUT2D eigenvalue weighted by Crippen LogP contribution is -2.37. The molecule has 94 valence electrons. The monoisotopic (exact) mass is 355 g/mol. The molecule has 0 radical (unpaired) electrons. The van der Waals surface area contributed by atoms with Crippen LogP contribution in [0.1, 0.15) is 32.1 Å². The van der Waals surface area contributed by atoms with Gasteiger partial charge in [-0.2, -0.15) is 11.8 Å². The van der Waals surface area contributed by atoms with E-state index in [4.69, 9.17) is 5.73 Å². The van der Waals surface area contributed by atoms with Crippen molar-refractivity contribution in [3.05, 3.63) is 0 Å². The molecule has 0 aromatic rings. The minimum Gasteiger partial charge on any atom is -0.370 e. The molecule has 5 heteroatoms. The number of guanidine groups is 1. The van der Waals surface area contributed by atoms with Crippen molar-refractivity contribution in [3.63, 3.8) is 0 Å². The van der Waals surface area contributed by atoms with Gasteiger partial charge >= 0.3 is 0 Å². The highest BCUT2D eigenvalue weighted by Gasteiger charge is 2.41. The molecule has 2 aliphatic rings. The summed E-state index contributed by atoms with van der Waals surface area (Å²) in [6.07, 6.45) is 8.87. The number of hydrogen-bond donors (Lipinski definition) is 2. The van der Waals surface area contributed by atoms with Crippen molar-refractivity contribution in [1.82, 2.24) is 5.32 Å². The number of nitrogens with one attached hydrogen (secondary N) is 1. The van der Waals surface area contributed by atoms with Gasteiger partial charge in [0.25, 0.3) is 0 Å². The van der Waals surface area contributed by atoms with E-state index in [0.29, 0.717) is 10.7 Å². The Morgan fingerprint density at radius 2 is 2.19 bits per heavy atom. The van der Waals surface area contributed by atoms with Crippen LogP contribution in [-0.2, 0) is 0 Å². The maximum absolute atomic E-state index is 5.82. The molecule has 2 rings (SSSR count). The summed E-state index contributed by atoms with van der Waals surface area (Å²) in [4.78, 5) is 4.42. The first kappa shape index (κ1) is 14.4. The average molecular weight is 355 g/mol. The first-order chi connectivity index (χ1) is 7.24. The van der Waals surface area contributed by atoms with Crippen LogP contribution in [-0.4, -0.2) is 30.1 Å². The summed E-state index contributed by atoms with van der Waals surface area (Å²) < 4.78 is 0.433. The van der Waals surface area contributed by atoms with Gasteiger partial charge in [-0.3, -0.25) is 4.99 Å². The van der Waals surface area contributed by atoms with Crippen molar-refractivity contribution in [3.8, 4) is 0 Å². The van der Waals surface area contributed by atoms with E-state index in [1.54, 1.807) is 0 Å². The molecule has 2 saturated carbocycles. The van der Waals surface area contributed by atoms with E-state index in [1.165, 1.54) is 32.1 Å². The van der Waals surface area contributed by atoms with Gasteiger partial charge in [0.2, 0.25) is 0 Å². The lowest BCUT2D eigenvalue weighted by atomic mass is 9.85. The summed E-state index contributed by atoms with van der Waals surface area (Å²) in [5.41, 5.74) is 5.82. The van der Waals surface area contributed by atoms with Gasteiger partial charge in [-0.25, -0.2) is 0 Å². The Bertz CT molecular complexity index is 250. The molecule has 2 aliphatic carbocycles. The van der Waals surface area contributed by atoms with Gasteiger partial charge in [0.15, 0.2) is 5.96 Å². The van der Waals surface area contributed by atoms with Gasteiger partial charge in [-0.1, -0.05) is 6.42 Å². The van der Waals surface area contributed by atoms with Crippen LogP contribution in [0.25, 0.3) is 0 Å². The van der Waals surface area contributed by atoms with Crippen LogP contribution in [0.5, 0.6) is 0 Å². The third-order valence-corrected chi connectivity index (χ3v) is 4.98. The van der Waals surface area contributed by atoms with Crippen molar-refractivity contribution < 1.29 is 0 Å². The molecule has 0 atom stereocenters. The highest BCUT2D eigenvalue weighted by molar-refractivity contribution is 14.0. The van der Waals surface area contributed by atoms with Crippen LogP contribution < -0.4 is 11.1 Å². The second kappa shape index (κ2) is 6.33. The second-order valence-electron chi connectivity index (χ2n) is 4.77. The van der Waals surface area contributed by atoms with E-state index in [9.17, 15) is 0 Å². The summed E-state index contributed by atoms with van der Waals surface area (Å²) in [6, 6.07) is 0. The lowest BCUT2D eigenvalue weighted by molar-refractivity contribution is 0.315. The van der Waals surface area contributed by atoms with Crippen molar-refractivity contribution in [1.29, 1.82) is 0 Å². The Kier molecular flexibility index (Phi) is 5.70. The number of nitrogens with two attached hydrogens (primary N) is 1. The molecule has 3 N–H and O–H groups in total. The smallest absolute Gasteiger partial charge is 0.188 e. The summed E-state index contributed by atoms with van der Waals surface area (Å²) >= 11 is 1.93. The minimum absolute atomic E-state index is 0. The molecule has 0 spiro atoms. The average Bonchev–Trinajstić information content (AvgIpc) is 2.93. The number of halogens is 1. The molecule has 0 unspecified atom stereocenters. The van der Waals surface area contributed by atoms with Crippen molar-refractivity contribution in [2.45, 2.75) is 36.9 Å². The molecule has 0 saturated heterocycles. The predicted molar refractivity (Wildman–Crippen MR) is 82.7 cm³/mol. The predicted octanol–water partition coefficient (Wildman–Crippen LogP) is 2.20. The summed E-state index contributed by atoms with van der Waals surface area (Å²) in [5.74, 6) is 1.48. The third kappa shape index (κ3) is 3.98. The maximum atomic E-state index is 5.82. The number of rotatable bonds is 5. The fraction of sp³-hybridized carbons (Fsp3) is 0.909. The topological polar surface area (TPSA) is 50.4 Å². The van der Waals surface area contributed by atoms with E-state index in [1.807, 2.05) is 11.8 Å². The molecule has 3 nitrogen and oxygen atoms in total. The maximum Gasteiger partial charge on any atom is 0.188 e. The second-order valence-corrected chi connectivity index (χ2v) is 6.04. The van der Waals surface area contributed by atoms with Crippen LogP contribution in [0.2, 0.25) is 0 Å². The number of hydrogen-bond acceptors (Lipinski definition) is 2. The first-order valence-corrected chi connectivity index (χ1v) is 7.05. The van der Waals surface area contributed by atoms with Gasteiger partial charge < -0.3 is 11.1 Å². The molecule has 2 fully saturated rings. The van der Waals surface area contributed by atoms with E-state index < -0.39 is 0 Å². The quantitative estimate of drug-likeness (QED) is 0.452. The number of aliphatic imine (C=N–C) groups is 1. The fourth-order valence-electron chi connectivity index (χ4n) is 1.80. The molecule has 0 heterocycles. The van der Waals surface area contributed by atoms with Crippen LogP contribution in [0.3, 0.4) is 0 Å². The SMILES string of the molecule is CSC1(CN=C(N)NCC2CCC2)CC1.I. The lowest BCUT2D eigenvalue weighted by Gasteiger charge is -2.25. The van der Waals surface area contributed by atoms with Crippen LogP contribution in [0.15, 0.2) is 4.99 Å². The molecular formula is C11H22IN3S. The number of nitrogens with zero attached hydrogens (tertiary/aromatic N) is 1. The molecule has 0 aromatic heterocycles. The van der Waals surface area contributed by atoms with Crippen molar-refractivity contribution in [2.24, 2.45) is 16.6 Å². The van der Waals surface area contributed by atoms with Crippen LogP contribution >= 0.6 is 35.7 Å². The van der Waals surface area contributed by atoms with Gasteiger partial charge in [-0.05, 0) is 37.9 Å². The molecule has 0 aromatic carbocycles. The van der Waals surface area contributed by atoms with Gasteiger partial charge in [0, 0.05) is 11.3 Å². The highest BCUT2D eigenvalue weighted by Crippen LogP contribution is 2.47. The van der Waals surface area contributed by atoms with Gasteiger partial charge in [0.05, 0.1) is 6.54 Å². The Labute approximate surface area is 119 Å². The fourth-order valence-corrected chi connectivity index (χ4v) is 2.50. The van der Waals surface area contributed by atoms with Crippen molar-refractivity contribution >= 4 is 41.7 Å². The molecule has 0 amide bonds. The van der Waals surface area contributed by atoms with E-state index in [-0.39, 0.29) is 24.0 Å². The molecular weight excluding hydrogens is 333 g/mol. The zero-order valence-electron chi connectivity index (χ0n) is 9.87. The Morgan fingerprint density at radius 1 is 1.50 bits per heavy atom. The largest absolute Gasteiger partial charge is 0.370 e. The standard InChI is InChI=1S/C11H21N3S.HI/c1-15-11(5-6-11)8-14-10(12)13-7-9-3-2-4-9;/h9H,2-8H2,1H3,(H3,12,13,14);1H. The summed E-state index contributed by atoms with van der Waals surface area (Å²) in [7, 11) is 0. The highest BCUT2D eigenvalue weighted by atomic mass is 127. The van der Waals surface area contributed by atoms with Crippen molar-refractivity contribution in [2.75, 3.05) is 19.3 Å². The van der Waals surface area contributed by atoms with Crippen LogP contribution in [0.4, 0.5) is 0 Å². The van der Waals surface area contributed by atoms with Gasteiger partial charge in [-0.15, -0.1) is 24.0 Å². The zero-order valence-corrected chi connectivity index (χ0v) is 13.0. The summed E-state index contributed by atoms with van der Waals surface area (Å²) in [6.45, 7) is 1.90. The molecule has 0 aliphatic heterocycles. The van der Waals surface area contributed by atoms with E-state index >= 15 is 0 Å². The Balaban J connectivity index is 0.00000128. The first-order valence-electron chi connectivity index (χ1n) is 5.83. The Morgan fingerprint density at radius 3 is 2.62 bits per heavy atom. The summed E-state index contributed by atoms with van der Waals surface area (Å²) in [5, 5.41) is 3.23. The van der Waals surface area contributed by atoms with Gasteiger partial charge in [0.1, 0.15) is 0 Å². The van der Waals surface area contributed by atoms with Crippen LogP contribution in [0, 0.1) is 5.92 Å². The normalized spacial score (nSPS) is 23.2. The van der Waals surface area contributed by atoms with E-state index in [0.717, 1.165) is 19.0 Å². The zero-order chi connectivity index (χ0) is 10.7. The Hall–Kier alpha value is 0.350. The number of thioether (sulfide) groups is 1.